The van der Waals surface area contributed by atoms with Crippen molar-refractivity contribution in [1.29, 1.82) is 0 Å². The van der Waals surface area contributed by atoms with E-state index in [1.165, 1.54) is 0 Å². The van der Waals surface area contributed by atoms with Gasteiger partial charge in [-0.2, -0.15) is 0 Å². The predicted molar refractivity (Wildman–Crippen MR) is 131 cm³/mol. The molecule has 0 unspecified atom stereocenters. The zero-order valence-corrected chi connectivity index (χ0v) is 19.7. The molecule has 34 heavy (non-hydrogen) atoms. The first kappa shape index (κ1) is 22.3. The maximum Gasteiger partial charge on any atom is 0.325 e. The van der Waals surface area contributed by atoms with Crippen LogP contribution in [0.15, 0.2) is 72.1 Å². The number of benzene rings is 2. The van der Waals surface area contributed by atoms with Gasteiger partial charge in [-0.1, -0.05) is 60.7 Å². The molecule has 1 fully saturated rings. The number of amides is 4. The molecule has 1 atom stereocenters. The zero-order chi connectivity index (χ0) is 23.5. The van der Waals surface area contributed by atoms with Crippen LogP contribution < -0.4 is 5.32 Å². The second-order valence-electron chi connectivity index (χ2n) is 8.87. The van der Waals surface area contributed by atoms with Crippen LogP contribution in [0.3, 0.4) is 0 Å². The Kier molecular flexibility index (Phi) is 6.20. The normalized spacial score (nSPS) is 19.2. The van der Waals surface area contributed by atoms with Gasteiger partial charge in [0.1, 0.15) is 12.1 Å². The number of hydrogen-bond acceptors (Lipinski definition) is 4. The summed E-state index contributed by atoms with van der Waals surface area (Å²) in [7, 11) is 0. The Labute approximate surface area is 203 Å². The summed E-state index contributed by atoms with van der Waals surface area (Å²) < 4.78 is 0. The van der Waals surface area contributed by atoms with Gasteiger partial charge in [0.2, 0.25) is 5.91 Å². The Balaban J connectivity index is 1.34. The lowest BCUT2D eigenvalue weighted by Crippen LogP contribution is -2.47. The first-order valence-corrected chi connectivity index (χ1v) is 12.5. The molecule has 0 radical (unpaired) electrons. The third kappa shape index (κ3) is 4.23. The minimum Gasteiger partial charge on any atom is -0.336 e. The van der Waals surface area contributed by atoms with Gasteiger partial charge in [0.25, 0.3) is 5.91 Å². The predicted octanol–water partition coefficient (Wildman–Crippen LogP) is 4.10. The fourth-order valence-corrected chi connectivity index (χ4v) is 5.70. The Morgan fingerprint density at radius 1 is 1.03 bits per heavy atom. The van der Waals surface area contributed by atoms with Crippen molar-refractivity contribution in [2.24, 2.45) is 0 Å². The molecule has 1 saturated heterocycles. The van der Waals surface area contributed by atoms with Gasteiger partial charge in [0.05, 0.1) is 6.54 Å². The molecular formula is C27H27N3O3S. The molecule has 1 aromatic heterocycles. The van der Waals surface area contributed by atoms with Gasteiger partial charge in [-0.05, 0) is 53.8 Å². The second-order valence-corrected chi connectivity index (χ2v) is 9.90. The fraction of sp³-hybridized carbons (Fsp3) is 0.296. The summed E-state index contributed by atoms with van der Waals surface area (Å²) in [6.45, 7) is 0.716. The van der Waals surface area contributed by atoms with Crippen molar-refractivity contribution in [1.82, 2.24) is 15.1 Å². The number of aryl methyl sites for hydroxylation is 1. The van der Waals surface area contributed by atoms with E-state index >= 15 is 0 Å². The third-order valence-corrected chi connectivity index (χ3v) is 7.60. The maximum absolute atomic E-state index is 13.6. The van der Waals surface area contributed by atoms with E-state index in [0.717, 1.165) is 39.3 Å². The molecule has 2 heterocycles. The van der Waals surface area contributed by atoms with E-state index in [0.29, 0.717) is 25.9 Å². The molecule has 3 aromatic rings. The summed E-state index contributed by atoms with van der Waals surface area (Å²) in [6.07, 6.45) is 2.95. The van der Waals surface area contributed by atoms with Crippen LogP contribution in [0, 0.1) is 0 Å². The molecule has 7 heteroatoms. The number of urea groups is 1. The number of thiophene rings is 1. The molecule has 2 aromatic carbocycles. The SMILES string of the molecule is O=C(CN1C(=O)N[C@@]2(CCCc3ccccc32)C1=O)N(CCc1ccccc1)Cc1cccs1. The topological polar surface area (TPSA) is 69.7 Å². The number of nitrogens with one attached hydrogen (secondary N) is 1. The highest BCUT2D eigenvalue weighted by atomic mass is 32.1. The fourth-order valence-electron chi connectivity index (χ4n) is 4.98. The molecule has 1 spiro atoms. The average molecular weight is 474 g/mol. The van der Waals surface area contributed by atoms with Gasteiger partial charge in [-0.25, -0.2) is 4.79 Å². The molecule has 4 amide bonds. The number of hydrogen-bond donors (Lipinski definition) is 1. The number of fused-ring (bicyclic) bond motifs is 2. The lowest BCUT2D eigenvalue weighted by atomic mass is 9.76. The number of nitrogens with zero attached hydrogens (tertiary/aromatic N) is 2. The zero-order valence-electron chi connectivity index (χ0n) is 18.9. The van der Waals surface area contributed by atoms with Crippen LogP contribution in [0.1, 0.15) is 34.4 Å². The Hall–Kier alpha value is -3.45. The first-order chi connectivity index (χ1) is 16.6. The van der Waals surface area contributed by atoms with Gasteiger partial charge in [-0.15, -0.1) is 11.3 Å². The molecule has 6 nitrogen and oxygen atoms in total. The number of imide groups is 1. The van der Waals surface area contributed by atoms with Gasteiger partial charge >= 0.3 is 6.03 Å². The Morgan fingerprint density at radius 2 is 1.82 bits per heavy atom. The van der Waals surface area contributed by atoms with Crippen molar-refractivity contribution in [3.8, 4) is 0 Å². The molecule has 5 rings (SSSR count). The standard InChI is InChI=1S/C27H27N3O3S/c31-24(29(18-22-12-7-17-34-22)16-14-20-8-2-1-3-9-20)19-30-25(32)27(28-26(30)33)15-6-11-21-10-4-5-13-23(21)27/h1-5,7-10,12-13,17H,6,11,14-16,18-19H2,(H,28,33)/t27-/m1/s1. The molecule has 1 aliphatic carbocycles. The summed E-state index contributed by atoms with van der Waals surface area (Å²) in [5, 5.41) is 4.92. The molecule has 174 valence electrons. The minimum atomic E-state index is -1.06. The van der Waals surface area contributed by atoms with E-state index < -0.39 is 11.6 Å². The summed E-state index contributed by atoms with van der Waals surface area (Å²) in [5.74, 6) is -0.550. The summed E-state index contributed by atoms with van der Waals surface area (Å²) in [6, 6.07) is 21.2. The summed E-state index contributed by atoms with van der Waals surface area (Å²) in [4.78, 5) is 43.9. The number of carbonyl (C=O) groups excluding carboxylic acids is 3. The highest BCUT2D eigenvalue weighted by molar-refractivity contribution is 7.09. The maximum atomic E-state index is 13.6. The highest BCUT2D eigenvalue weighted by Gasteiger charge is 2.54. The lowest BCUT2D eigenvalue weighted by Gasteiger charge is -2.33. The monoisotopic (exact) mass is 473 g/mol. The van der Waals surface area contributed by atoms with E-state index in [1.807, 2.05) is 72.1 Å². The van der Waals surface area contributed by atoms with Crippen LogP contribution in [0.2, 0.25) is 0 Å². The van der Waals surface area contributed by atoms with Crippen LogP contribution in [0.25, 0.3) is 0 Å². The van der Waals surface area contributed by atoms with Crippen LogP contribution in [0.5, 0.6) is 0 Å². The van der Waals surface area contributed by atoms with E-state index in [2.05, 4.69) is 5.32 Å². The van der Waals surface area contributed by atoms with Gasteiger partial charge in [0.15, 0.2) is 0 Å². The van der Waals surface area contributed by atoms with E-state index in [-0.39, 0.29) is 18.4 Å². The third-order valence-electron chi connectivity index (χ3n) is 6.74. The van der Waals surface area contributed by atoms with E-state index in [9.17, 15) is 14.4 Å². The molecule has 1 aliphatic heterocycles. The lowest BCUT2D eigenvalue weighted by molar-refractivity contribution is -0.139. The average Bonchev–Trinajstić information content (AvgIpc) is 3.45. The van der Waals surface area contributed by atoms with Crippen LogP contribution in [0.4, 0.5) is 4.79 Å². The Bertz CT molecular complexity index is 1190. The molecule has 0 saturated carbocycles. The summed E-state index contributed by atoms with van der Waals surface area (Å²) in [5.41, 5.74) is 2.01. The van der Waals surface area contributed by atoms with Crippen molar-refractivity contribution in [2.45, 2.75) is 37.8 Å². The summed E-state index contributed by atoms with van der Waals surface area (Å²) >= 11 is 1.59. The van der Waals surface area contributed by atoms with E-state index in [1.54, 1.807) is 16.2 Å². The molecule has 2 aliphatic rings. The van der Waals surface area contributed by atoms with Gasteiger partial charge in [0, 0.05) is 11.4 Å². The van der Waals surface area contributed by atoms with E-state index in [4.69, 9.17) is 0 Å². The van der Waals surface area contributed by atoms with Crippen molar-refractivity contribution in [3.05, 3.63) is 93.7 Å². The van der Waals surface area contributed by atoms with Crippen molar-refractivity contribution in [2.75, 3.05) is 13.1 Å². The number of rotatable bonds is 7. The smallest absolute Gasteiger partial charge is 0.325 e. The minimum absolute atomic E-state index is 0.228. The number of carbonyl (C=O) groups is 3. The first-order valence-electron chi connectivity index (χ1n) is 11.6. The molecule has 1 N–H and O–H groups in total. The van der Waals surface area contributed by atoms with Crippen molar-refractivity contribution >= 4 is 29.2 Å². The largest absolute Gasteiger partial charge is 0.336 e. The van der Waals surface area contributed by atoms with Gasteiger partial charge < -0.3 is 10.2 Å². The second kappa shape index (κ2) is 9.43. The molecule has 0 bridgehead atoms. The van der Waals surface area contributed by atoms with Crippen LogP contribution in [-0.4, -0.2) is 40.7 Å². The Morgan fingerprint density at radius 3 is 2.62 bits per heavy atom. The van der Waals surface area contributed by atoms with Crippen LogP contribution in [-0.2, 0) is 34.5 Å². The van der Waals surface area contributed by atoms with Gasteiger partial charge in [-0.3, -0.25) is 14.5 Å². The highest BCUT2D eigenvalue weighted by Crippen LogP contribution is 2.39. The van der Waals surface area contributed by atoms with Crippen molar-refractivity contribution < 1.29 is 14.4 Å². The van der Waals surface area contributed by atoms with Crippen molar-refractivity contribution in [3.63, 3.8) is 0 Å². The van der Waals surface area contributed by atoms with Crippen LogP contribution >= 0.6 is 11.3 Å². The molecular weight excluding hydrogens is 446 g/mol. The quantitative estimate of drug-likeness (QED) is 0.525.